The van der Waals surface area contributed by atoms with E-state index in [2.05, 4.69) is 20.4 Å². The molecule has 7 nitrogen and oxygen atoms in total. The first kappa shape index (κ1) is 17.0. The van der Waals surface area contributed by atoms with Gasteiger partial charge in [-0.15, -0.1) is 0 Å². The van der Waals surface area contributed by atoms with Crippen LogP contribution in [-0.2, 0) is 4.79 Å². The van der Waals surface area contributed by atoms with Crippen molar-refractivity contribution in [2.45, 2.75) is 11.9 Å². The molecule has 2 aromatic heterocycles. The largest absolute Gasteiger partial charge is 0.495 e. The molecule has 0 unspecified atom stereocenters. The number of amides is 1. The van der Waals surface area contributed by atoms with Crippen LogP contribution in [0.2, 0.25) is 0 Å². The summed E-state index contributed by atoms with van der Waals surface area (Å²) in [6.07, 6.45) is 1.65. The van der Waals surface area contributed by atoms with Crippen LogP contribution < -0.4 is 10.1 Å². The van der Waals surface area contributed by atoms with Crippen LogP contribution in [0.5, 0.6) is 5.75 Å². The van der Waals surface area contributed by atoms with Gasteiger partial charge in [0.1, 0.15) is 5.75 Å². The summed E-state index contributed by atoms with van der Waals surface area (Å²) in [6.45, 7) is 1.75. The van der Waals surface area contributed by atoms with E-state index in [1.165, 1.54) is 11.8 Å². The molecule has 8 heteroatoms. The molecule has 0 fully saturated rings. The zero-order valence-electron chi connectivity index (χ0n) is 13.7. The first-order valence-electron chi connectivity index (χ1n) is 7.48. The average Bonchev–Trinajstić information content (AvgIpc) is 3.07. The number of anilines is 1. The lowest BCUT2D eigenvalue weighted by atomic mass is 10.3. The molecular formula is C17H16N4O3S. The summed E-state index contributed by atoms with van der Waals surface area (Å²) in [5.41, 5.74) is 1.38. The fraction of sp³-hybridized carbons (Fsp3) is 0.176. The van der Waals surface area contributed by atoms with Gasteiger partial charge in [-0.1, -0.05) is 29.1 Å². The predicted molar refractivity (Wildman–Crippen MR) is 94.6 cm³/mol. The van der Waals surface area contributed by atoms with E-state index < -0.39 is 0 Å². The molecule has 2 heterocycles. The van der Waals surface area contributed by atoms with Crippen molar-refractivity contribution in [3.05, 3.63) is 48.4 Å². The fourth-order valence-corrected chi connectivity index (χ4v) is 2.72. The second-order valence-corrected chi connectivity index (χ2v) is 6.06. The second-order valence-electron chi connectivity index (χ2n) is 5.07. The highest BCUT2D eigenvalue weighted by atomic mass is 32.2. The summed E-state index contributed by atoms with van der Waals surface area (Å²) in [5, 5.41) is 7.30. The topological polar surface area (TPSA) is 90.1 Å². The number of para-hydroxylation sites is 2. The van der Waals surface area contributed by atoms with Crippen molar-refractivity contribution in [2.24, 2.45) is 0 Å². The molecule has 3 rings (SSSR count). The molecule has 0 radical (unpaired) electrons. The number of nitrogens with zero attached hydrogens (tertiary/aromatic N) is 3. The Morgan fingerprint density at radius 3 is 2.80 bits per heavy atom. The van der Waals surface area contributed by atoms with Crippen molar-refractivity contribution in [1.29, 1.82) is 0 Å². The molecule has 0 spiro atoms. The van der Waals surface area contributed by atoms with Crippen LogP contribution in [0.1, 0.15) is 5.82 Å². The van der Waals surface area contributed by atoms with Crippen LogP contribution in [-0.4, -0.2) is 33.9 Å². The Hall–Kier alpha value is -2.87. The molecule has 3 aromatic rings. The molecule has 1 amide bonds. The van der Waals surface area contributed by atoms with E-state index in [4.69, 9.17) is 9.26 Å². The Bertz CT molecular complexity index is 864. The van der Waals surface area contributed by atoms with Crippen LogP contribution >= 0.6 is 11.8 Å². The van der Waals surface area contributed by atoms with Gasteiger partial charge in [0.2, 0.25) is 5.91 Å². The number of carbonyl (C=O) groups excluding carboxylic acids is 1. The SMILES string of the molecule is COc1ccccc1NC(=O)CSc1ccc(-c2nc(C)no2)cn1. The summed E-state index contributed by atoms with van der Waals surface area (Å²) >= 11 is 1.34. The molecular weight excluding hydrogens is 340 g/mol. The van der Waals surface area contributed by atoms with E-state index >= 15 is 0 Å². The third-order valence-electron chi connectivity index (χ3n) is 3.24. The maximum absolute atomic E-state index is 12.1. The monoisotopic (exact) mass is 356 g/mol. The molecule has 0 saturated carbocycles. The maximum Gasteiger partial charge on any atom is 0.259 e. The number of benzene rings is 1. The summed E-state index contributed by atoms with van der Waals surface area (Å²) < 4.78 is 10.3. The van der Waals surface area contributed by atoms with Crippen molar-refractivity contribution in [3.63, 3.8) is 0 Å². The van der Waals surface area contributed by atoms with Crippen LogP contribution in [0, 0.1) is 6.92 Å². The zero-order valence-corrected chi connectivity index (χ0v) is 14.5. The van der Waals surface area contributed by atoms with Gasteiger partial charge in [0.05, 0.1) is 29.1 Å². The van der Waals surface area contributed by atoms with E-state index in [9.17, 15) is 4.79 Å². The normalized spacial score (nSPS) is 10.5. The predicted octanol–water partition coefficient (Wildman–Crippen LogP) is 3.18. The van der Waals surface area contributed by atoms with Gasteiger partial charge in [-0.25, -0.2) is 4.98 Å². The molecule has 0 aliphatic heterocycles. The highest BCUT2D eigenvalue weighted by Gasteiger charge is 2.10. The minimum absolute atomic E-state index is 0.132. The Labute approximate surface area is 148 Å². The minimum Gasteiger partial charge on any atom is -0.495 e. The molecule has 1 aromatic carbocycles. The van der Waals surface area contributed by atoms with Gasteiger partial charge in [-0.3, -0.25) is 4.79 Å². The number of ether oxygens (including phenoxy) is 1. The van der Waals surface area contributed by atoms with Crippen molar-refractivity contribution >= 4 is 23.4 Å². The van der Waals surface area contributed by atoms with Gasteiger partial charge in [-0.05, 0) is 31.2 Å². The Balaban J connectivity index is 1.57. The van der Waals surface area contributed by atoms with E-state index in [1.54, 1.807) is 32.4 Å². The lowest BCUT2D eigenvalue weighted by molar-refractivity contribution is -0.113. The lowest BCUT2D eigenvalue weighted by Gasteiger charge is -2.09. The quantitative estimate of drug-likeness (QED) is 0.678. The van der Waals surface area contributed by atoms with Crippen molar-refractivity contribution in [3.8, 4) is 17.2 Å². The number of nitrogens with one attached hydrogen (secondary N) is 1. The van der Waals surface area contributed by atoms with E-state index in [0.717, 1.165) is 10.6 Å². The second kappa shape index (κ2) is 7.80. The number of aryl methyl sites for hydroxylation is 1. The van der Waals surface area contributed by atoms with Crippen LogP contribution in [0.4, 0.5) is 5.69 Å². The summed E-state index contributed by atoms with van der Waals surface area (Å²) in [6, 6.07) is 10.9. The van der Waals surface area contributed by atoms with Gasteiger partial charge < -0.3 is 14.6 Å². The molecule has 0 saturated heterocycles. The van der Waals surface area contributed by atoms with Crippen molar-refractivity contribution in [1.82, 2.24) is 15.1 Å². The standard InChI is InChI=1S/C17H16N4O3S/c1-11-19-17(24-21-11)12-7-8-16(18-9-12)25-10-15(22)20-13-5-3-4-6-14(13)23-2/h3-9H,10H2,1-2H3,(H,20,22). The van der Waals surface area contributed by atoms with Crippen LogP contribution in [0.15, 0.2) is 52.1 Å². The molecule has 0 aliphatic rings. The fourth-order valence-electron chi connectivity index (χ4n) is 2.08. The number of methoxy groups -OCH3 is 1. The number of aromatic nitrogens is 3. The summed E-state index contributed by atoms with van der Waals surface area (Å²) in [5.74, 6) is 1.73. The first-order valence-corrected chi connectivity index (χ1v) is 8.46. The van der Waals surface area contributed by atoms with E-state index in [0.29, 0.717) is 23.2 Å². The molecule has 0 atom stereocenters. The van der Waals surface area contributed by atoms with Gasteiger partial charge >= 0.3 is 0 Å². The highest BCUT2D eigenvalue weighted by Crippen LogP contribution is 2.24. The van der Waals surface area contributed by atoms with Crippen molar-refractivity contribution in [2.75, 3.05) is 18.2 Å². The summed E-state index contributed by atoms with van der Waals surface area (Å²) in [7, 11) is 1.57. The number of hydrogen-bond acceptors (Lipinski definition) is 7. The Morgan fingerprint density at radius 1 is 1.28 bits per heavy atom. The van der Waals surface area contributed by atoms with Gasteiger partial charge in [0.25, 0.3) is 5.89 Å². The number of carbonyl (C=O) groups is 1. The number of rotatable bonds is 6. The van der Waals surface area contributed by atoms with Gasteiger partial charge in [-0.2, -0.15) is 4.98 Å². The number of thioether (sulfide) groups is 1. The van der Waals surface area contributed by atoms with Crippen molar-refractivity contribution < 1.29 is 14.1 Å². The summed E-state index contributed by atoms with van der Waals surface area (Å²) in [4.78, 5) is 20.6. The number of pyridine rings is 1. The Morgan fingerprint density at radius 2 is 2.12 bits per heavy atom. The zero-order chi connectivity index (χ0) is 17.6. The van der Waals surface area contributed by atoms with E-state index in [-0.39, 0.29) is 11.7 Å². The first-order chi connectivity index (χ1) is 12.2. The average molecular weight is 356 g/mol. The van der Waals surface area contributed by atoms with Gasteiger partial charge in [0.15, 0.2) is 5.82 Å². The van der Waals surface area contributed by atoms with Gasteiger partial charge in [0, 0.05) is 6.20 Å². The minimum atomic E-state index is -0.132. The van der Waals surface area contributed by atoms with E-state index in [1.807, 2.05) is 24.3 Å². The lowest BCUT2D eigenvalue weighted by Crippen LogP contribution is -2.14. The molecule has 128 valence electrons. The Kier molecular flexibility index (Phi) is 5.30. The maximum atomic E-state index is 12.1. The third-order valence-corrected chi connectivity index (χ3v) is 4.19. The smallest absolute Gasteiger partial charge is 0.259 e. The van der Waals surface area contributed by atoms with Crippen LogP contribution in [0.25, 0.3) is 11.5 Å². The molecule has 1 N–H and O–H groups in total. The van der Waals surface area contributed by atoms with Crippen LogP contribution in [0.3, 0.4) is 0 Å². The number of hydrogen-bond donors (Lipinski definition) is 1. The third kappa shape index (κ3) is 4.36. The molecule has 0 aliphatic carbocycles. The molecule has 0 bridgehead atoms. The molecule has 25 heavy (non-hydrogen) atoms. The highest BCUT2D eigenvalue weighted by molar-refractivity contribution is 7.99.